The summed E-state index contributed by atoms with van der Waals surface area (Å²) in [4.78, 5) is 2.24. The topological polar surface area (TPSA) is 29.3 Å². The zero-order chi connectivity index (χ0) is 10.1. The molecule has 3 heteroatoms. The van der Waals surface area contributed by atoms with Gasteiger partial charge >= 0.3 is 0 Å². The quantitative estimate of drug-likeness (QED) is 0.776. The Morgan fingerprint density at radius 3 is 3.00 bits per heavy atom. The summed E-state index contributed by atoms with van der Waals surface area (Å²) >= 11 is 0. The van der Waals surface area contributed by atoms with Gasteiger partial charge in [0.2, 0.25) is 0 Å². The first kappa shape index (κ1) is 9.46. The van der Waals surface area contributed by atoms with Gasteiger partial charge in [0.25, 0.3) is 0 Å². The Bertz CT molecular complexity index is 338. The van der Waals surface area contributed by atoms with Crippen LogP contribution >= 0.6 is 0 Å². The summed E-state index contributed by atoms with van der Waals surface area (Å²) in [6, 6.07) is 4.98. The van der Waals surface area contributed by atoms with Gasteiger partial charge in [-0.1, -0.05) is 0 Å². The Hall–Kier alpha value is -1.09. The number of halogens is 1. The number of hydrogen-bond acceptors (Lipinski definition) is 2. The molecule has 14 heavy (non-hydrogen) atoms. The van der Waals surface area contributed by atoms with Crippen LogP contribution in [0.2, 0.25) is 0 Å². The molecule has 1 aliphatic rings. The largest absolute Gasteiger partial charge is 0.371 e. The standard InChI is InChI=1S/C11H15FN2/c1-2-14-7-8(6-13)10-5-9(12)3-4-11(10)14/h3-5,8H,2,6-7,13H2,1H3. The van der Waals surface area contributed by atoms with Crippen LogP contribution in [0.15, 0.2) is 18.2 Å². The van der Waals surface area contributed by atoms with E-state index in [0.717, 1.165) is 24.3 Å². The van der Waals surface area contributed by atoms with Crippen molar-refractivity contribution in [2.75, 3.05) is 24.5 Å². The number of anilines is 1. The van der Waals surface area contributed by atoms with Crippen LogP contribution in [0.25, 0.3) is 0 Å². The minimum atomic E-state index is -0.167. The van der Waals surface area contributed by atoms with Crippen LogP contribution in [0.3, 0.4) is 0 Å². The molecule has 1 heterocycles. The summed E-state index contributed by atoms with van der Waals surface area (Å²) in [5.41, 5.74) is 7.87. The van der Waals surface area contributed by atoms with E-state index < -0.39 is 0 Å². The zero-order valence-corrected chi connectivity index (χ0v) is 8.33. The lowest BCUT2D eigenvalue weighted by Crippen LogP contribution is -2.23. The van der Waals surface area contributed by atoms with Gasteiger partial charge in [0.1, 0.15) is 5.82 Å². The van der Waals surface area contributed by atoms with Crippen molar-refractivity contribution >= 4 is 5.69 Å². The summed E-state index contributed by atoms with van der Waals surface area (Å²) in [5.74, 6) is 0.126. The molecule has 2 nitrogen and oxygen atoms in total. The number of likely N-dealkylation sites (N-methyl/N-ethyl adjacent to an activating group) is 1. The molecule has 1 aliphatic heterocycles. The molecule has 1 aromatic carbocycles. The highest BCUT2D eigenvalue weighted by molar-refractivity contribution is 5.60. The van der Waals surface area contributed by atoms with Crippen LogP contribution in [-0.4, -0.2) is 19.6 Å². The Morgan fingerprint density at radius 1 is 1.57 bits per heavy atom. The molecule has 0 aromatic heterocycles. The normalized spacial score (nSPS) is 19.9. The monoisotopic (exact) mass is 194 g/mol. The first-order valence-electron chi connectivity index (χ1n) is 5.00. The molecule has 2 rings (SSSR count). The van der Waals surface area contributed by atoms with Gasteiger partial charge in [-0.2, -0.15) is 0 Å². The third-order valence-corrected chi connectivity index (χ3v) is 2.88. The van der Waals surface area contributed by atoms with E-state index in [2.05, 4.69) is 11.8 Å². The van der Waals surface area contributed by atoms with E-state index in [1.807, 2.05) is 6.07 Å². The summed E-state index contributed by atoms with van der Waals surface area (Å²) in [6.07, 6.45) is 0. The maximum Gasteiger partial charge on any atom is 0.123 e. The highest BCUT2D eigenvalue weighted by Gasteiger charge is 2.26. The highest BCUT2D eigenvalue weighted by Crippen LogP contribution is 2.35. The average molecular weight is 194 g/mol. The minimum absolute atomic E-state index is 0.167. The Kier molecular flexibility index (Phi) is 2.42. The first-order chi connectivity index (χ1) is 6.76. The number of fused-ring (bicyclic) bond motifs is 1. The molecule has 1 atom stereocenters. The van der Waals surface area contributed by atoms with E-state index in [1.54, 1.807) is 6.07 Å². The molecule has 0 aliphatic carbocycles. The predicted molar refractivity (Wildman–Crippen MR) is 56.1 cm³/mol. The Morgan fingerprint density at radius 2 is 2.36 bits per heavy atom. The molecule has 0 saturated carbocycles. The first-order valence-corrected chi connectivity index (χ1v) is 5.00. The number of nitrogens with zero attached hydrogens (tertiary/aromatic N) is 1. The van der Waals surface area contributed by atoms with Crippen molar-refractivity contribution in [3.8, 4) is 0 Å². The SMILES string of the molecule is CCN1CC(CN)c2cc(F)ccc21. The van der Waals surface area contributed by atoms with Gasteiger partial charge in [-0.05, 0) is 30.7 Å². The molecule has 0 amide bonds. The van der Waals surface area contributed by atoms with Crippen LogP contribution in [0, 0.1) is 5.82 Å². The number of benzene rings is 1. The van der Waals surface area contributed by atoms with Crippen molar-refractivity contribution < 1.29 is 4.39 Å². The lowest BCUT2D eigenvalue weighted by Gasteiger charge is -2.16. The van der Waals surface area contributed by atoms with E-state index >= 15 is 0 Å². The minimum Gasteiger partial charge on any atom is -0.371 e. The van der Waals surface area contributed by atoms with E-state index in [9.17, 15) is 4.39 Å². The second-order valence-electron chi connectivity index (χ2n) is 3.67. The van der Waals surface area contributed by atoms with Crippen molar-refractivity contribution in [2.24, 2.45) is 5.73 Å². The highest BCUT2D eigenvalue weighted by atomic mass is 19.1. The van der Waals surface area contributed by atoms with Crippen molar-refractivity contribution in [3.63, 3.8) is 0 Å². The molecular formula is C11H15FN2. The van der Waals surface area contributed by atoms with Gasteiger partial charge in [-0.15, -0.1) is 0 Å². The van der Waals surface area contributed by atoms with E-state index in [-0.39, 0.29) is 5.82 Å². The molecule has 0 spiro atoms. The van der Waals surface area contributed by atoms with E-state index in [1.165, 1.54) is 6.07 Å². The predicted octanol–water partition coefficient (Wildman–Crippen LogP) is 1.71. The molecule has 1 aromatic rings. The molecule has 2 N–H and O–H groups in total. The molecule has 1 unspecified atom stereocenters. The van der Waals surface area contributed by atoms with Crippen LogP contribution in [0.1, 0.15) is 18.4 Å². The van der Waals surface area contributed by atoms with Gasteiger partial charge in [0.15, 0.2) is 0 Å². The van der Waals surface area contributed by atoms with Gasteiger partial charge < -0.3 is 10.6 Å². The molecule has 76 valence electrons. The fourth-order valence-corrected chi connectivity index (χ4v) is 2.10. The van der Waals surface area contributed by atoms with E-state index in [4.69, 9.17) is 5.73 Å². The third kappa shape index (κ3) is 1.38. The van der Waals surface area contributed by atoms with Crippen molar-refractivity contribution in [2.45, 2.75) is 12.8 Å². The van der Waals surface area contributed by atoms with E-state index in [0.29, 0.717) is 12.5 Å². The molecule has 0 fully saturated rings. The van der Waals surface area contributed by atoms with Crippen LogP contribution < -0.4 is 10.6 Å². The fraction of sp³-hybridized carbons (Fsp3) is 0.455. The average Bonchev–Trinajstić information content (AvgIpc) is 2.55. The summed E-state index contributed by atoms with van der Waals surface area (Å²) in [5, 5.41) is 0. The van der Waals surface area contributed by atoms with Crippen molar-refractivity contribution in [3.05, 3.63) is 29.6 Å². The summed E-state index contributed by atoms with van der Waals surface area (Å²) < 4.78 is 13.0. The van der Waals surface area contributed by atoms with Gasteiger partial charge in [-0.25, -0.2) is 4.39 Å². The van der Waals surface area contributed by atoms with Crippen LogP contribution in [0.5, 0.6) is 0 Å². The zero-order valence-electron chi connectivity index (χ0n) is 8.33. The molecule has 0 radical (unpaired) electrons. The molecule has 0 saturated heterocycles. The maximum atomic E-state index is 13.0. The second-order valence-corrected chi connectivity index (χ2v) is 3.67. The Labute approximate surface area is 83.5 Å². The lowest BCUT2D eigenvalue weighted by atomic mass is 10.0. The molecule has 0 bridgehead atoms. The smallest absolute Gasteiger partial charge is 0.123 e. The molecular weight excluding hydrogens is 179 g/mol. The van der Waals surface area contributed by atoms with Gasteiger partial charge in [0.05, 0.1) is 0 Å². The fourth-order valence-electron chi connectivity index (χ4n) is 2.10. The maximum absolute atomic E-state index is 13.0. The number of hydrogen-bond donors (Lipinski definition) is 1. The van der Waals surface area contributed by atoms with Gasteiger partial charge in [-0.3, -0.25) is 0 Å². The Balaban J connectivity index is 2.42. The second kappa shape index (κ2) is 3.58. The summed E-state index contributed by atoms with van der Waals surface area (Å²) in [7, 11) is 0. The van der Waals surface area contributed by atoms with Crippen LogP contribution in [-0.2, 0) is 0 Å². The van der Waals surface area contributed by atoms with Crippen LogP contribution in [0.4, 0.5) is 10.1 Å². The third-order valence-electron chi connectivity index (χ3n) is 2.88. The van der Waals surface area contributed by atoms with Gasteiger partial charge in [0, 0.05) is 31.2 Å². The lowest BCUT2D eigenvalue weighted by molar-refractivity contribution is 0.623. The number of nitrogens with two attached hydrogens (primary N) is 1. The van der Waals surface area contributed by atoms with Crippen molar-refractivity contribution in [1.29, 1.82) is 0 Å². The number of rotatable bonds is 2. The van der Waals surface area contributed by atoms with Crippen molar-refractivity contribution in [1.82, 2.24) is 0 Å². The summed E-state index contributed by atoms with van der Waals surface area (Å²) in [6.45, 7) is 4.57.